The van der Waals surface area contributed by atoms with Gasteiger partial charge in [0.1, 0.15) is 6.10 Å². The predicted molar refractivity (Wildman–Crippen MR) is 77.3 cm³/mol. The number of aliphatic hydroxyl groups is 1. The van der Waals surface area contributed by atoms with Crippen molar-refractivity contribution in [2.24, 2.45) is 0 Å². The van der Waals surface area contributed by atoms with Gasteiger partial charge in [0.05, 0.1) is 0 Å². The van der Waals surface area contributed by atoms with Crippen LogP contribution in [0, 0.1) is 0 Å². The Balaban J connectivity index is 3.89. The Hall–Kier alpha value is -0.810. The third kappa shape index (κ3) is 12.0. The number of rotatable bonds is 12. The SMILES string of the molecule is CCCCNC(=O)OC(CCCCO)CNCCC. The average Bonchev–Trinajstić information content (AvgIpc) is 2.39. The smallest absolute Gasteiger partial charge is 0.407 e. The Bertz CT molecular complexity index is 203. The Labute approximate surface area is 117 Å². The number of aliphatic hydroxyl groups excluding tert-OH is 1. The molecule has 3 N–H and O–H groups in total. The molecule has 0 saturated carbocycles. The fraction of sp³-hybridized carbons (Fsp3) is 0.929. The molecular formula is C14H30N2O3. The van der Waals surface area contributed by atoms with Crippen molar-refractivity contribution in [3.05, 3.63) is 0 Å². The van der Waals surface area contributed by atoms with Crippen LogP contribution in [-0.2, 0) is 4.74 Å². The molecular weight excluding hydrogens is 244 g/mol. The molecule has 0 radical (unpaired) electrons. The van der Waals surface area contributed by atoms with Gasteiger partial charge in [0.2, 0.25) is 0 Å². The second-order valence-electron chi connectivity index (χ2n) is 4.73. The number of carbonyl (C=O) groups excluding carboxylic acids is 1. The monoisotopic (exact) mass is 274 g/mol. The van der Waals surface area contributed by atoms with Crippen molar-refractivity contribution in [3.8, 4) is 0 Å². The van der Waals surface area contributed by atoms with Crippen LogP contribution in [0.15, 0.2) is 0 Å². The van der Waals surface area contributed by atoms with Gasteiger partial charge in [-0.15, -0.1) is 0 Å². The number of ether oxygens (including phenoxy) is 1. The maximum atomic E-state index is 11.6. The third-order valence-corrected chi connectivity index (χ3v) is 2.81. The van der Waals surface area contributed by atoms with E-state index in [4.69, 9.17) is 9.84 Å². The molecule has 1 amide bonds. The van der Waals surface area contributed by atoms with Gasteiger partial charge in [-0.05, 0) is 38.6 Å². The molecule has 1 unspecified atom stereocenters. The number of carbonyl (C=O) groups is 1. The van der Waals surface area contributed by atoms with Crippen molar-refractivity contribution in [2.45, 2.75) is 58.5 Å². The summed E-state index contributed by atoms with van der Waals surface area (Å²) in [5.74, 6) is 0. The number of hydrogen-bond donors (Lipinski definition) is 3. The summed E-state index contributed by atoms with van der Waals surface area (Å²) in [6, 6.07) is 0. The lowest BCUT2D eigenvalue weighted by molar-refractivity contribution is 0.0894. The van der Waals surface area contributed by atoms with Crippen molar-refractivity contribution in [2.75, 3.05) is 26.2 Å². The van der Waals surface area contributed by atoms with Crippen molar-refractivity contribution in [1.29, 1.82) is 0 Å². The van der Waals surface area contributed by atoms with Gasteiger partial charge in [-0.3, -0.25) is 0 Å². The zero-order valence-corrected chi connectivity index (χ0v) is 12.4. The van der Waals surface area contributed by atoms with Crippen LogP contribution in [0.2, 0.25) is 0 Å². The molecule has 0 rings (SSSR count). The number of nitrogens with one attached hydrogen (secondary N) is 2. The molecule has 0 heterocycles. The normalized spacial score (nSPS) is 12.2. The number of unbranched alkanes of at least 4 members (excludes halogenated alkanes) is 2. The highest BCUT2D eigenvalue weighted by Gasteiger charge is 2.13. The molecule has 0 aliphatic heterocycles. The Kier molecular flexibility index (Phi) is 13.0. The van der Waals surface area contributed by atoms with Gasteiger partial charge in [0.25, 0.3) is 0 Å². The molecule has 0 fully saturated rings. The first-order valence-corrected chi connectivity index (χ1v) is 7.50. The zero-order valence-electron chi connectivity index (χ0n) is 12.4. The summed E-state index contributed by atoms with van der Waals surface area (Å²) in [7, 11) is 0. The summed E-state index contributed by atoms with van der Waals surface area (Å²) >= 11 is 0. The van der Waals surface area contributed by atoms with E-state index >= 15 is 0 Å². The fourth-order valence-corrected chi connectivity index (χ4v) is 1.69. The Morgan fingerprint density at radius 2 is 1.95 bits per heavy atom. The summed E-state index contributed by atoms with van der Waals surface area (Å²) in [5, 5.41) is 14.8. The summed E-state index contributed by atoms with van der Waals surface area (Å²) in [5.41, 5.74) is 0. The molecule has 0 aromatic heterocycles. The molecule has 0 spiro atoms. The minimum absolute atomic E-state index is 0.111. The summed E-state index contributed by atoms with van der Waals surface area (Å²) in [4.78, 5) is 11.6. The molecule has 0 saturated heterocycles. The second kappa shape index (κ2) is 13.6. The Morgan fingerprint density at radius 3 is 2.58 bits per heavy atom. The highest BCUT2D eigenvalue weighted by Crippen LogP contribution is 2.05. The quantitative estimate of drug-likeness (QED) is 0.476. The van der Waals surface area contributed by atoms with Crippen molar-refractivity contribution >= 4 is 6.09 Å². The summed E-state index contributed by atoms with van der Waals surface area (Å²) < 4.78 is 5.40. The van der Waals surface area contributed by atoms with Crippen LogP contribution < -0.4 is 10.6 Å². The molecule has 0 bridgehead atoms. The first kappa shape index (κ1) is 18.2. The van der Waals surface area contributed by atoms with E-state index in [0.717, 1.165) is 45.1 Å². The van der Waals surface area contributed by atoms with Gasteiger partial charge in [-0.2, -0.15) is 0 Å². The van der Waals surface area contributed by atoms with Crippen molar-refractivity contribution in [3.63, 3.8) is 0 Å². The maximum Gasteiger partial charge on any atom is 0.407 e. The minimum atomic E-state index is -0.333. The fourth-order valence-electron chi connectivity index (χ4n) is 1.69. The van der Waals surface area contributed by atoms with Crippen LogP contribution in [0.5, 0.6) is 0 Å². The maximum absolute atomic E-state index is 11.6. The van der Waals surface area contributed by atoms with Crippen molar-refractivity contribution in [1.82, 2.24) is 10.6 Å². The molecule has 5 heteroatoms. The number of hydrogen-bond acceptors (Lipinski definition) is 4. The van der Waals surface area contributed by atoms with Gasteiger partial charge < -0.3 is 20.5 Å². The average molecular weight is 274 g/mol. The first-order valence-electron chi connectivity index (χ1n) is 7.50. The molecule has 19 heavy (non-hydrogen) atoms. The lowest BCUT2D eigenvalue weighted by Gasteiger charge is -2.18. The standard InChI is InChI=1S/C14H30N2O3/c1-3-5-10-16-14(18)19-13(8-6-7-11-17)12-15-9-4-2/h13,15,17H,3-12H2,1-2H3,(H,16,18). The van der Waals surface area contributed by atoms with Gasteiger partial charge >= 0.3 is 6.09 Å². The van der Waals surface area contributed by atoms with Gasteiger partial charge in [0, 0.05) is 19.7 Å². The van der Waals surface area contributed by atoms with Crippen LogP contribution in [0.25, 0.3) is 0 Å². The zero-order chi connectivity index (χ0) is 14.3. The minimum Gasteiger partial charge on any atom is -0.445 e. The largest absolute Gasteiger partial charge is 0.445 e. The Morgan fingerprint density at radius 1 is 1.16 bits per heavy atom. The number of amides is 1. The van der Waals surface area contributed by atoms with Crippen LogP contribution >= 0.6 is 0 Å². The molecule has 5 nitrogen and oxygen atoms in total. The van der Waals surface area contributed by atoms with Gasteiger partial charge in [-0.1, -0.05) is 20.3 Å². The summed E-state index contributed by atoms with van der Waals surface area (Å²) in [6.45, 7) is 6.65. The molecule has 0 aromatic rings. The topological polar surface area (TPSA) is 70.6 Å². The van der Waals surface area contributed by atoms with E-state index in [1.54, 1.807) is 0 Å². The van der Waals surface area contributed by atoms with E-state index in [9.17, 15) is 4.79 Å². The van der Waals surface area contributed by atoms with Crippen LogP contribution in [0.1, 0.15) is 52.4 Å². The van der Waals surface area contributed by atoms with E-state index in [1.807, 2.05) is 0 Å². The highest BCUT2D eigenvalue weighted by molar-refractivity contribution is 5.67. The molecule has 0 aliphatic rings. The van der Waals surface area contributed by atoms with Gasteiger partial charge in [0.15, 0.2) is 0 Å². The van der Waals surface area contributed by atoms with Crippen LogP contribution in [0.4, 0.5) is 4.79 Å². The lowest BCUT2D eigenvalue weighted by atomic mass is 10.1. The second-order valence-corrected chi connectivity index (χ2v) is 4.73. The van der Waals surface area contributed by atoms with Crippen molar-refractivity contribution < 1.29 is 14.6 Å². The van der Waals surface area contributed by atoms with E-state index in [-0.39, 0.29) is 18.8 Å². The summed E-state index contributed by atoms with van der Waals surface area (Å²) in [6.07, 6.45) is 5.06. The van der Waals surface area contributed by atoms with E-state index in [0.29, 0.717) is 13.1 Å². The lowest BCUT2D eigenvalue weighted by Crippen LogP contribution is -2.35. The number of alkyl carbamates (subject to hydrolysis) is 1. The first-order chi connectivity index (χ1) is 9.24. The highest BCUT2D eigenvalue weighted by atomic mass is 16.6. The van der Waals surface area contributed by atoms with Crippen LogP contribution in [0.3, 0.4) is 0 Å². The van der Waals surface area contributed by atoms with E-state index in [1.165, 1.54) is 0 Å². The van der Waals surface area contributed by atoms with E-state index in [2.05, 4.69) is 24.5 Å². The molecule has 0 aliphatic carbocycles. The molecule has 1 atom stereocenters. The van der Waals surface area contributed by atoms with Gasteiger partial charge in [-0.25, -0.2) is 4.79 Å². The van der Waals surface area contributed by atoms with E-state index < -0.39 is 0 Å². The molecule has 0 aromatic carbocycles. The van der Waals surface area contributed by atoms with Crippen LogP contribution in [-0.4, -0.2) is 43.5 Å². The third-order valence-electron chi connectivity index (χ3n) is 2.81. The molecule has 114 valence electrons. The predicted octanol–water partition coefficient (Wildman–Crippen LogP) is 2.04.